The maximum Gasteiger partial charge on any atom is 0.237 e. The smallest absolute Gasteiger partial charge is 0.237 e. The Balaban J connectivity index is 1.34. The Hall–Kier alpha value is -3.24. The van der Waals surface area contributed by atoms with Crippen molar-refractivity contribution < 1.29 is 23.7 Å². The largest absolute Gasteiger partial charge is 0.497 e. The molecule has 0 spiro atoms. The fraction of sp³-hybridized carbons (Fsp3) is 0.375. The Morgan fingerprint density at radius 3 is 2.79 bits per heavy atom. The third-order valence-electron chi connectivity index (χ3n) is 5.77. The predicted molar refractivity (Wildman–Crippen MR) is 127 cm³/mol. The zero-order valence-electron chi connectivity index (χ0n) is 19.0. The Morgan fingerprint density at radius 1 is 1.21 bits per heavy atom. The molecule has 3 heterocycles. The first kappa shape index (κ1) is 22.5. The van der Waals surface area contributed by atoms with Crippen LogP contribution in [-0.2, 0) is 16.1 Å². The molecule has 2 aliphatic rings. The SMILES string of the molecule is COc1ccc(-c2nnc(S[C@H](C)C(=O)Nc3ccc4c(c3)OCO4)n2C[C@@H]2CCCO2)cc1. The second-order valence-electron chi connectivity index (χ2n) is 8.10. The van der Waals surface area contributed by atoms with E-state index < -0.39 is 5.25 Å². The van der Waals surface area contributed by atoms with E-state index in [1.807, 2.05) is 35.8 Å². The Morgan fingerprint density at radius 2 is 2.03 bits per heavy atom. The Kier molecular flexibility index (Phi) is 6.59. The van der Waals surface area contributed by atoms with Gasteiger partial charge in [-0.1, -0.05) is 11.8 Å². The molecule has 0 bridgehead atoms. The van der Waals surface area contributed by atoms with E-state index in [4.69, 9.17) is 18.9 Å². The Labute approximate surface area is 201 Å². The van der Waals surface area contributed by atoms with Crippen LogP contribution in [0.1, 0.15) is 19.8 Å². The molecular formula is C24H26N4O5S. The third kappa shape index (κ3) is 4.83. The molecule has 34 heavy (non-hydrogen) atoms. The van der Waals surface area contributed by atoms with Crippen LogP contribution in [0.5, 0.6) is 17.2 Å². The summed E-state index contributed by atoms with van der Waals surface area (Å²) in [5.41, 5.74) is 1.58. The molecule has 3 aromatic rings. The van der Waals surface area contributed by atoms with Crippen LogP contribution in [0.3, 0.4) is 0 Å². The molecule has 1 saturated heterocycles. The molecule has 2 aliphatic heterocycles. The molecule has 9 nitrogen and oxygen atoms in total. The van der Waals surface area contributed by atoms with Crippen molar-refractivity contribution in [3.05, 3.63) is 42.5 Å². The zero-order chi connectivity index (χ0) is 23.5. The average molecular weight is 483 g/mol. The van der Waals surface area contributed by atoms with E-state index >= 15 is 0 Å². The van der Waals surface area contributed by atoms with Gasteiger partial charge in [0, 0.05) is 23.9 Å². The summed E-state index contributed by atoms with van der Waals surface area (Å²) in [4.78, 5) is 12.9. The molecule has 0 radical (unpaired) electrons. The van der Waals surface area contributed by atoms with Crippen LogP contribution in [-0.4, -0.2) is 52.5 Å². The molecule has 1 amide bonds. The van der Waals surface area contributed by atoms with Gasteiger partial charge in [-0.05, 0) is 56.2 Å². The van der Waals surface area contributed by atoms with Gasteiger partial charge in [-0.3, -0.25) is 9.36 Å². The van der Waals surface area contributed by atoms with Crippen LogP contribution < -0.4 is 19.5 Å². The first-order valence-corrected chi connectivity index (χ1v) is 12.0. The van der Waals surface area contributed by atoms with E-state index in [2.05, 4.69) is 15.5 Å². The number of nitrogens with zero attached hydrogens (tertiary/aromatic N) is 3. The number of methoxy groups -OCH3 is 1. The summed E-state index contributed by atoms with van der Waals surface area (Å²) < 4.78 is 23.9. The molecule has 1 N–H and O–H groups in total. The van der Waals surface area contributed by atoms with Gasteiger partial charge in [0.25, 0.3) is 0 Å². The van der Waals surface area contributed by atoms with E-state index in [1.165, 1.54) is 11.8 Å². The van der Waals surface area contributed by atoms with Crippen LogP contribution in [0.15, 0.2) is 47.6 Å². The number of aromatic nitrogens is 3. The summed E-state index contributed by atoms with van der Waals surface area (Å²) in [6, 6.07) is 13.1. The van der Waals surface area contributed by atoms with Crippen LogP contribution in [0, 0.1) is 0 Å². The second-order valence-corrected chi connectivity index (χ2v) is 9.41. The summed E-state index contributed by atoms with van der Waals surface area (Å²) >= 11 is 1.37. The molecule has 5 rings (SSSR count). The number of amides is 1. The number of nitrogens with one attached hydrogen (secondary N) is 1. The van der Waals surface area contributed by atoms with Crippen molar-refractivity contribution in [2.45, 2.75) is 42.8 Å². The van der Waals surface area contributed by atoms with Gasteiger partial charge in [0.2, 0.25) is 12.7 Å². The molecule has 1 fully saturated rings. The van der Waals surface area contributed by atoms with Crippen LogP contribution in [0.2, 0.25) is 0 Å². The van der Waals surface area contributed by atoms with Crippen molar-refractivity contribution in [3.8, 4) is 28.6 Å². The lowest BCUT2D eigenvalue weighted by Crippen LogP contribution is -2.23. The predicted octanol–water partition coefficient (Wildman–Crippen LogP) is 3.98. The number of hydrogen-bond donors (Lipinski definition) is 1. The zero-order valence-corrected chi connectivity index (χ0v) is 19.8. The fourth-order valence-electron chi connectivity index (χ4n) is 3.92. The highest BCUT2D eigenvalue weighted by molar-refractivity contribution is 8.00. The highest BCUT2D eigenvalue weighted by Gasteiger charge is 2.25. The van der Waals surface area contributed by atoms with Crippen molar-refractivity contribution in [2.75, 3.05) is 25.8 Å². The summed E-state index contributed by atoms with van der Waals surface area (Å²) in [5, 5.41) is 12.1. The van der Waals surface area contributed by atoms with E-state index in [0.29, 0.717) is 28.9 Å². The highest BCUT2D eigenvalue weighted by atomic mass is 32.2. The van der Waals surface area contributed by atoms with E-state index in [9.17, 15) is 4.79 Å². The highest BCUT2D eigenvalue weighted by Crippen LogP contribution is 2.35. The van der Waals surface area contributed by atoms with E-state index in [0.717, 1.165) is 36.6 Å². The number of carbonyl (C=O) groups excluding carboxylic acids is 1. The number of ether oxygens (including phenoxy) is 4. The monoisotopic (exact) mass is 482 g/mol. The van der Waals surface area contributed by atoms with Gasteiger partial charge in [0.05, 0.1) is 25.0 Å². The molecule has 0 saturated carbocycles. The molecule has 2 aromatic carbocycles. The van der Waals surface area contributed by atoms with Crippen LogP contribution in [0.25, 0.3) is 11.4 Å². The van der Waals surface area contributed by atoms with Crippen molar-refractivity contribution in [2.24, 2.45) is 0 Å². The number of fused-ring (bicyclic) bond motifs is 1. The first-order valence-electron chi connectivity index (χ1n) is 11.2. The second kappa shape index (κ2) is 9.94. The molecule has 0 unspecified atom stereocenters. The van der Waals surface area contributed by atoms with Gasteiger partial charge in [-0.2, -0.15) is 0 Å². The summed E-state index contributed by atoms with van der Waals surface area (Å²) in [5.74, 6) is 2.68. The summed E-state index contributed by atoms with van der Waals surface area (Å²) in [6.07, 6.45) is 2.14. The molecule has 1 aromatic heterocycles. The maximum atomic E-state index is 12.9. The lowest BCUT2D eigenvalue weighted by Gasteiger charge is -2.17. The van der Waals surface area contributed by atoms with Gasteiger partial charge >= 0.3 is 0 Å². The minimum atomic E-state index is -0.401. The lowest BCUT2D eigenvalue weighted by atomic mass is 10.2. The molecule has 10 heteroatoms. The number of benzene rings is 2. The number of carbonyl (C=O) groups is 1. The topological polar surface area (TPSA) is 96.7 Å². The first-order chi connectivity index (χ1) is 16.6. The van der Waals surface area contributed by atoms with Crippen molar-refractivity contribution >= 4 is 23.4 Å². The number of hydrogen-bond acceptors (Lipinski definition) is 8. The fourth-order valence-corrected chi connectivity index (χ4v) is 4.77. The van der Waals surface area contributed by atoms with Gasteiger partial charge in [0.1, 0.15) is 5.75 Å². The summed E-state index contributed by atoms with van der Waals surface area (Å²) in [6.45, 7) is 3.44. The van der Waals surface area contributed by atoms with Crippen molar-refractivity contribution in [3.63, 3.8) is 0 Å². The minimum absolute atomic E-state index is 0.102. The van der Waals surface area contributed by atoms with Gasteiger partial charge in [-0.15, -0.1) is 10.2 Å². The minimum Gasteiger partial charge on any atom is -0.497 e. The number of anilines is 1. The van der Waals surface area contributed by atoms with Crippen LogP contribution >= 0.6 is 11.8 Å². The lowest BCUT2D eigenvalue weighted by molar-refractivity contribution is -0.115. The normalized spacial score (nSPS) is 17.5. The molecular weight excluding hydrogens is 456 g/mol. The maximum absolute atomic E-state index is 12.9. The van der Waals surface area contributed by atoms with Gasteiger partial charge in [-0.25, -0.2) is 0 Å². The van der Waals surface area contributed by atoms with Crippen LogP contribution in [0.4, 0.5) is 5.69 Å². The number of thioether (sulfide) groups is 1. The quantitative estimate of drug-likeness (QED) is 0.482. The average Bonchev–Trinajstić information content (AvgIpc) is 3.61. The molecule has 2 atom stereocenters. The van der Waals surface area contributed by atoms with E-state index in [1.54, 1.807) is 25.3 Å². The third-order valence-corrected chi connectivity index (χ3v) is 6.85. The molecule has 0 aliphatic carbocycles. The molecule has 178 valence electrons. The van der Waals surface area contributed by atoms with Gasteiger partial charge < -0.3 is 24.3 Å². The number of rotatable bonds is 8. The van der Waals surface area contributed by atoms with Gasteiger partial charge in [0.15, 0.2) is 22.5 Å². The van der Waals surface area contributed by atoms with Crippen molar-refractivity contribution in [1.82, 2.24) is 14.8 Å². The van der Waals surface area contributed by atoms with Crippen molar-refractivity contribution in [1.29, 1.82) is 0 Å². The Bertz CT molecular complexity index is 1160. The van der Waals surface area contributed by atoms with E-state index in [-0.39, 0.29) is 18.8 Å². The standard InChI is InChI=1S/C24H26N4O5S/c1-15(23(29)25-17-7-10-20-21(12-17)33-14-32-20)34-24-27-26-22(16-5-8-18(30-2)9-6-16)28(24)13-19-4-3-11-31-19/h5-10,12,15,19H,3-4,11,13-14H2,1-2H3,(H,25,29)/t15-,19+/m1/s1. The summed E-state index contributed by atoms with van der Waals surface area (Å²) in [7, 11) is 1.64.